The highest BCUT2D eigenvalue weighted by molar-refractivity contribution is 6.04. The zero-order valence-electron chi connectivity index (χ0n) is 15.0. The number of benzene rings is 1. The van der Waals surface area contributed by atoms with E-state index >= 15 is 0 Å². The Morgan fingerprint density at radius 3 is 2.44 bits per heavy atom. The second-order valence-electron chi connectivity index (χ2n) is 6.79. The average Bonchev–Trinajstić information content (AvgIpc) is 2.55. The molecule has 1 aromatic rings. The quantitative estimate of drug-likeness (QED) is 0.772. The summed E-state index contributed by atoms with van der Waals surface area (Å²) < 4.78 is 5.60. The average molecular weight is 342 g/mol. The number of nitriles is 1. The fraction of sp³-hybridized carbons (Fsp3) is 0.550. The molecular formula is C20H26N2O3. The lowest BCUT2D eigenvalue weighted by Gasteiger charge is -2.23. The molecule has 1 fully saturated rings. The van der Waals surface area contributed by atoms with Gasteiger partial charge in [0.1, 0.15) is 5.75 Å². The van der Waals surface area contributed by atoms with Crippen LogP contribution in [0.1, 0.15) is 49.7 Å². The number of rotatable bonds is 7. The minimum Gasteiger partial charge on any atom is -0.493 e. The van der Waals surface area contributed by atoms with Crippen molar-refractivity contribution in [1.29, 1.82) is 5.26 Å². The van der Waals surface area contributed by atoms with Crippen LogP contribution in [0.2, 0.25) is 0 Å². The van der Waals surface area contributed by atoms with Gasteiger partial charge in [0.15, 0.2) is 11.7 Å². The van der Waals surface area contributed by atoms with Crippen molar-refractivity contribution >= 4 is 11.7 Å². The Bertz CT molecular complexity index is 637. The first kappa shape index (κ1) is 19.0. The van der Waals surface area contributed by atoms with Crippen LogP contribution in [-0.2, 0) is 9.59 Å². The molecule has 134 valence electrons. The normalized spacial score (nSPS) is 15.9. The number of hydrogen-bond acceptors (Lipinski definition) is 4. The highest BCUT2D eigenvalue weighted by Gasteiger charge is 2.28. The fourth-order valence-corrected chi connectivity index (χ4v) is 3.24. The second-order valence-corrected chi connectivity index (χ2v) is 6.79. The molecule has 1 unspecified atom stereocenters. The Hall–Kier alpha value is -2.35. The third-order valence-corrected chi connectivity index (χ3v) is 4.48. The van der Waals surface area contributed by atoms with Crippen LogP contribution in [0.25, 0.3) is 0 Å². The summed E-state index contributed by atoms with van der Waals surface area (Å²) in [6, 6.07) is 7.77. The van der Waals surface area contributed by atoms with Gasteiger partial charge in [-0.1, -0.05) is 25.3 Å². The van der Waals surface area contributed by atoms with Crippen molar-refractivity contribution in [3.05, 3.63) is 29.3 Å². The number of hydrogen-bond donors (Lipinski definition) is 1. The van der Waals surface area contributed by atoms with E-state index in [0.717, 1.165) is 36.8 Å². The number of nitrogens with zero attached hydrogens (tertiary/aromatic N) is 1. The largest absolute Gasteiger partial charge is 0.493 e. The monoisotopic (exact) mass is 342 g/mol. The van der Waals surface area contributed by atoms with E-state index in [1.807, 2.05) is 38.1 Å². The van der Waals surface area contributed by atoms with E-state index in [9.17, 15) is 14.9 Å². The van der Waals surface area contributed by atoms with Crippen LogP contribution in [0.5, 0.6) is 5.75 Å². The van der Waals surface area contributed by atoms with E-state index in [-0.39, 0.29) is 24.9 Å². The number of ether oxygens (including phenoxy) is 1. The lowest BCUT2D eigenvalue weighted by atomic mass is 9.94. The molecule has 0 aliphatic heterocycles. The van der Waals surface area contributed by atoms with Gasteiger partial charge in [-0.05, 0) is 49.9 Å². The molecule has 25 heavy (non-hydrogen) atoms. The van der Waals surface area contributed by atoms with Crippen molar-refractivity contribution in [2.75, 3.05) is 6.61 Å². The van der Waals surface area contributed by atoms with Gasteiger partial charge in [0.05, 0.1) is 12.7 Å². The minimum atomic E-state index is -1.25. The molecule has 1 aliphatic rings. The molecule has 1 N–H and O–H groups in total. The zero-order valence-corrected chi connectivity index (χ0v) is 15.0. The van der Waals surface area contributed by atoms with Crippen LogP contribution in [0.15, 0.2) is 18.2 Å². The summed E-state index contributed by atoms with van der Waals surface area (Å²) >= 11 is 0. The first-order valence-corrected chi connectivity index (χ1v) is 8.93. The topological polar surface area (TPSA) is 79.2 Å². The fourth-order valence-electron chi connectivity index (χ4n) is 3.24. The van der Waals surface area contributed by atoms with E-state index < -0.39 is 11.8 Å². The summed E-state index contributed by atoms with van der Waals surface area (Å²) in [6.07, 6.45) is 5.24. The van der Waals surface area contributed by atoms with Gasteiger partial charge in [0, 0.05) is 12.5 Å². The van der Waals surface area contributed by atoms with Gasteiger partial charge in [-0.2, -0.15) is 5.26 Å². The van der Waals surface area contributed by atoms with Gasteiger partial charge in [-0.25, -0.2) is 0 Å². The molecule has 2 rings (SSSR count). The molecule has 0 spiro atoms. The molecule has 0 bridgehead atoms. The molecule has 1 saturated carbocycles. The van der Waals surface area contributed by atoms with Crippen molar-refractivity contribution in [1.82, 2.24) is 5.32 Å². The molecule has 5 heteroatoms. The number of aryl methyl sites for hydroxylation is 2. The van der Waals surface area contributed by atoms with E-state index in [1.165, 1.54) is 6.42 Å². The molecule has 5 nitrogen and oxygen atoms in total. The first-order chi connectivity index (χ1) is 12.0. The van der Waals surface area contributed by atoms with Gasteiger partial charge in [0.25, 0.3) is 0 Å². The Balaban J connectivity index is 1.82. The summed E-state index contributed by atoms with van der Waals surface area (Å²) in [4.78, 5) is 24.4. The van der Waals surface area contributed by atoms with Crippen LogP contribution < -0.4 is 10.1 Å². The lowest BCUT2D eigenvalue weighted by Crippen LogP contribution is -2.42. The highest BCUT2D eigenvalue weighted by atomic mass is 16.5. The Labute approximate surface area is 149 Å². The maximum Gasteiger partial charge on any atom is 0.245 e. The Kier molecular flexibility index (Phi) is 7.00. The van der Waals surface area contributed by atoms with Crippen LogP contribution in [0, 0.1) is 31.1 Å². The van der Waals surface area contributed by atoms with Crippen LogP contribution >= 0.6 is 0 Å². The van der Waals surface area contributed by atoms with E-state index in [1.54, 1.807) is 0 Å². The molecule has 0 radical (unpaired) electrons. The van der Waals surface area contributed by atoms with Crippen molar-refractivity contribution < 1.29 is 14.3 Å². The number of amides is 1. The number of Topliss-reactive ketones (excluding diaryl/α,β-unsaturated/α-hetero) is 1. The Morgan fingerprint density at radius 1 is 1.20 bits per heavy atom. The first-order valence-electron chi connectivity index (χ1n) is 8.93. The molecule has 0 aromatic heterocycles. The van der Waals surface area contributed by atoms with Crippen LogP contribution in [-0.4, -0.2) is 24.3 Å². The number of carbonyl (C=O) groups excluding carboxylic acids is 2. The maximum atomic E-state index is 12.2. The third-order valence-electron chi connectivity index (χ3n) is 4.48. The molecule has 0 heterocycles. The van der Waals surface area contributed by atoms with Crippen molar-refractivity contribution in [2.45, 2.75) is 58.4 Å². The van der Waals surface area contributed by atoms with Crippen LogP contribution in [0.4, 0.5) is 0 Å². The van der Waals surface area contributed by atoms with Gasteiger partial charge in [-0.3, -0.25) is 9.59 Å². The van der Waals surface area contributed by atoms with Gasteiger partial charge in [-0.15, -0.1) is 0 Å². The van der Waals surface area contributed by atoms with Gasteiger partial charge < -0.3 is 10.1 Å². The predicted octanol–water partition coefficient (Wildman–Crippen LogP) is 3.23. The summed E-state index contributed by atoms with van der Waals surface area (Å²) in [5.74, 6) is -1.40. The summed E-state index contributed by atoms with van der Waals surface area (Å²) in [5.41, 5.74) is 2.17. The number of ketones is 1. The van der Waals surface area contributed by atoms with Gasteiger partial charge >= 0.3 is 0 Å². The van der Waals surface area contributed by atoms with Crippen molar-refractivity contribution in [3.63, 3.8) is 0 Å². The van der Waals surface area contributed by atoms with E-state index in [2.05, 4.69) is 5.32 Å². The SMILES string of the molecule is Cc1cc(C)cc(OCCC(=O)C(C#N)C(=O)NC2CCCCC2)c1. The molecule has 0 saturated heterocycles. The smallest absolute Gasteiger partial charge is 0.245 e. The Morgan fingerprint density at radius 2 is 1.84 bits per heavy atom. The highest BCUT2D eigenvalue weighted by Crippen LogP contribution is 2.19. The minimum absolute atomic E-state index is 0.0449. The second kappa shape index (κ2) is 9.22. The molecule has 1 atom stereocenters. The van der Waals surface area contributed by atoms with E-state index in [4.69, 9.17) is 4.74 Å². The lowest BCUT2D eigenvalue weighted by molar-refractivity contribution is -0.132. The molecular weight excluding hydrogens is 316 g/mol. The standard InChI is InChI=1S/C20H26N2O3/c1-14-10-15(2)12-17(11-14)25-9-8-19(23)18(13-21)20(24)22-16-6-4-3-5-7-16/h10-12,16,18H,3-9H2,1-2H3,(H,22,24). The van der Waals surface area contributed by atoms with Crippen molar-refractivity contribution in [3.8, 4) is 11.8 Å². The molecule has 1 amide bonds. The van der Waals surface area contributed by atoms with Crippen LogP contribution in [0.3, 0.4) is 0 Å². The predicted molar refractivity (Wildman–Crippen MR) is 95.2 cm³/mol. The number of carbonyl (C=O) groups is 2. The van der Waals surface area contributed by atoms with Crippen molar-refractivity contribution in [2.24, 2.45) is 5.92 Å². The van der Waals surface area contributed by atoms with Gasteiger partial charge in [0.2, 0.25) is 5.91 Å². The molecule has 1 aliphatic carbocycles. The molecule has 1 aromatic carbocycles. The summed E-state index contributed by atoms with van der Waals surface area (Å²) in [7, 11) is 0. The summed E-state index contributed by atoms with van der Waals surface area (Å²) in [5, 5.41) is 12.1. The zero-order chi connectivity index (χ0) is 18.2. The summed E-state index contributed by atoms with van der Waals surface area (Å²) in [6.45, 7) is 4.12. The maximum absolute atomic E-state index is 12.2. The third kappa shape index (κ3) is 5.90. The van der Waals surface area contributed by atoms with E-state index in [0.29, 0.717) is 5.75 Å². The number of nitrogens with one attached hydrogen (secondary N) is 1.